The van der Waals surface area contributed by atoms with Gasteiger partial charge < -0.3 is 14.7 Å². The second-order valence-electron chi connectivity index (χ2n) is 10.2. The number of benzene rings is 1. The molecule has 2 fully saturated rings. The van der Waals surface area contributed by atoms with E-state index in [9.17, 15) is 18.3 Å². The van der Waals surface area contributed by atoms with Gasteiger partial charge in [-0.3, -0.25) is 4.79 Å². The predicted molar refractivity (Wildman–Crippen MR) is 134 cm³/mol. The van der Waals surface area contributed by atoms with Gasteiger partial charge in [-0.25, -0.2) is 9.71 Å². The second-order valence-corrected chi connectivity index (χ2v) is 11.8. The Morgan fingerprint density at radius 1 is 1.29 bits per heavy atom. The largest absolute Gasteiger partial charge is 0.477 e. The first-order valence-electron chi connectivity index (χ1n) is 12.3. The van der Waals surface area contributed by atoms with Gasteiger partial charge in [0.25, 0.3) is 15.9 Å². The molecule has 1 amide bonds. The smallest absolute Gasteiger partial charge is 0.281 e. The van der Waals surface area contributed by atoms with E-state index in [0.717, 1.165) is 36.9 Å². The fourth-order valence-electron chi connectivity index (χ4n) is 4.48. The molecule has 8 nitrogen and oxygen atoms in total. The van der Waals surface area contributed by atoms with Crippen LogP contribution >= 0.6 is 0 Å². The molecule has 9 heteroatoms. The highest BCUT2D eigenvalue weighted by molar-refractivity contribution is 7.90. The van der Waals surface area contributed by atoms with E-state index in [-0.39, 0.29) is 17.6 Å². The summed E-state index contributed by atoms with van der Waals surface area (Å²) in [5, 5.41) is 9.29. The molecule has 0 spiro atoms. The number of rotatable bonds is 9. The van der Waals surface area contributed by atoms with Gasteiger partial charge in [0.05, 0.1) is 0 Å². The first-order valence-corrected chi connectivity index (χ1v) is 13.8. The van der Waals surface area contributed by atoms with Gasteiger partial charge in [-0.15, -0.1) is 0 Å². The zero-order chi connectivity index (χ0) is 25.2. The molecule has 1 atom stereocenters. The van der Waals surface area contributed by atoms with E-state index in [1.807, 2.05) is 30.0 Å². The van der Waals surface area contributed by atoms with Crippen molar-refractivity contribution in [2.75, 3.05) is 24.6 Å². The lowest BCUT2D eigenvalue weighted by Gasteiger charge is -2.32. The number of aromatic nitrogens is 1. The highest BCUT2D eigenvalue weighted by atomic mass is 32.2. The maximum Gasteiger partial charge on any atom is 0.281 e. The van der Waals surface area contributed by atoms with Gasteiger partial charge >= 0.3 is 0 Å². The molecule has 0 bridgehead atoms. The van der Waals surface area contributed by atoms with Crippen molar-refractivity contribution in [1.82, 2.24) is 9.71 Å². The van der Waals surface area contributed by atoms with Crippen LogP contribution in [0, 0.1) is 18.8 Å². The average Bonchev–Trinajstić information content (AvgIpc) is 3.61. The zero-order valence-electron chi connectivity index (χ0n) is 20.7. The third-order valence-corrected chi connectivity index (χ3v) is 7.82. The monoisotopic (exact) mass is 501 g/mol. The Hall–Kier alpha value is -2.65. The molecule has 1 aliphatic heterocycles. The van der Waals surface area contributed by atoms with E-state index in [4.69, 9.17) is 4.74 Å². The van der Waals surface area contributed by atoms with Crippen LogP contribution in [0.25, 0.3) is 0 Å². The average molecular weight is 502 g/mol. The summed E-state index contributed by atoms with van der Waals surface area (Å²) in [5.74, 6) is 1.04. The zero-order valence-corrected chi connectivity index (χ0v) is 21.5. The number of nitrogens with zero attached hydrogens (tertiary/aromatic N) is 2. The number of sulfonamides is 1. The predicted octanol–water partition coefficient (Wildman–Crippen LogP) is 3.21. The Bertz CT molecular complexity index is 1180. The van der Waals surface area contributed by atoms with Crippen molar-refractivity contribution in [2.24, 2.45) is 11.8 Å². The molecule has 2 heterocycles. The molecule has 1 saturated heterocycles. The Morgan fingerprint density at radius 2 is 2.06 bits per heavy atom. The summed E-state index contributed by atoms with van der Waals surface area (Å²) in [7, 11) is -4.18. The lowest BCUT2D eigenvalue weighted by molar-refractivity contribution is -0.127. The molecule has 2 aliphatic rings. The second kappa shape index (κ2) is 10.1. The first kappa shape index (κ1) is 25.4. The van der Waals surface area contributed by atoms with Gasteiger partial charge in [-0.05, 0) is 67.3 Å². The molecule has 1 saturated carbocycles. The van der Waals surface area contributed by atoms with Crippen molar-refractivity contribution < 1.29 is 23.1 Å². The van der Waals surface area contributed by atoms with Crippen molar-refractivity contribution in [3.05, 3.63) is 47.5 Å². The van der Waals surface area contributed by atoms with E-state index in [0.29, 0.717) is 36.9 Å². The van der Waals surface area contributed by atoms with Gasteiger partial charge in [0.2, 0.25) is 0 Å². The molecule has 4 rings (SSSR count). The summed E-state index contributed by atoms with van der Waals surface area (Å²) in [4.78, 5) is 19.4. The molecule has 2 aromatic rings. The Balaban J connectivity index is 1.50. The molecule has 1 unspecified atom stereocenters. The Morgan fingerprint density at radius 3 is 2.74 bits per heavy atom. The van der Waals surface area contributed by atoms with Crippen LogP contribution in [0.2, 0.25) is 0 Å². The number of piperidine rings is 1. The number of hydrogen-bond donors (Lipinski definition) is 2. The van der Waals surface area contributed by atoms with Crippen LogP contribution in [0.1, 0.15) is 50.7 Å². The van der Waals surface area contributed by atoms with E-state index in [1.54, 1.807) is 12.1 Å². The summed E-state index contributed by atoms with van der Waals surface area (Å²) in [6, 6.07) is 10.7. The summed E-state index contributed by atoms with van der Waals surface area (Å²) >= 11 is 0. The summed E-state index contributed by atoms with van der Waals surface area (Å²) in [6.45, 7) is 7.64. The standard InChI is InChI=1S/C26H35N3O5S/c1-18(2)14-21-10-9-19(3)15-22(21)34-26(11-12-26)25(31)28-35(32,33)24-8-4-7-23(27-24)29-13-5-6-20(16-29)17-30/h4,7-10,15,18,20,30H,5-6,11-14,16-17H2,1-3H3,(H,28,31). The molecule has 35 heavy (non-hydrogen) atoms. The third kappa shape index (κ3) is 5.95. The number of amides is 1. The molecule has 1 aromatic heterocycles. The minimum Gasteiger partial charge on any atom is -0.477 e. The van der Waals surface area contributed by atoms with E-state index in [2.05, 4.69) is 23.6 Å². The Labute approximate surface area is 207 Å². The van der Waals surface area contributed by atoms with Gasteiger partial charge in [0, 0.05) is 32.5 Å². The van der Waals surface area contributed by atoms with Crippen LogP contribution in [0.15, 0.2) is 41.4 Å². The fourth-order valence-corrected chi connectivity index (χ4v) is 5.49. The minimum absolute atomic E-state index is 0.0897. The number of pyridine rings is 1. The number of nitrogens with one attached hydrogen (secondary N) is 1. The SMILES string of the molecule is Cc1ccc(CC(C)C)c(OC2(C(=O)NS(=O)(=O)c3cccc(N4CCCC(CO)C4)n3)CC2)c1. The van der Waals surface area contributed by atoms with Crippen LogP contribution in [-0.4, -0.2) is 49.7 Å². The molecule has 0 radical (unpaired) electrons. The van der Waals surface area contributed by atoms with Crippen molar-refractivity contribution >= 4 is 21.7 Å². The lowest BCUT2D eigenvalue weighted by atomic mass is 9.99. The highest BCUT2D eigenvalue weighted by Crippen LogP contribution is 2.42. The summed E-state index contributed by atoms with van der Waals surface area (Å²) in [5.41, 5.74) is 0.828. The summed E-state index contributed by atoms with van der Waals surface area (Å²) in [6.07, 6.45) is 3.54. The van der Waals surface area contributed by atoms with Gasteiger partial charge in [0.15, 0.2) is 10.6 Å². The first-order chi connectivity index (χ1) is 16.6. The quantitative estimate of drug-likeness (QED) is 0.543. The molecule has 1 aliphatic carbocycles. The number of aryl methyl sites for hydroxylation is 1. The number of aliphatic hydroxyl groups excluding tert-OH is 1. The number of anilines is 1. The minimum atomic E-state index is -4.18. The van der Waals surface area contributed by atoms with Gasteiger partial charge in [0.1, 0.15) is 11.6 Å². The maximum atomic E-state index is 13.1. The number of aliphatic hydroxyl groups is 1. The number of carbonyl (C=O) groups is 1. The molecule has 2 N–H and O–H groups in total. The van der Waals surface area contributed by atoms with E-state index >= 15 is 0 Å². The molecular formula is C26H35N3O5S. The van der Waals surface area contributed by atoms with Crippen LogP contribution in [-0.2, 0) is 21.2 Å². The van der Waals surface area contributed by atoms with Crippen LogP contribution in [0.3, 0.4) is 0 Å². The number of ether oxygens (including phenoxy) is 1. The van der Waals surface area contributed by atoms with Crippen molar-refractivity contribution in [3.8, 4) is 5.75 Å². The highest BCUT2D eigenvalue weighted by Gasteiger charge is 2.54. The summed E-state index contributed by atoms with van der Waals surface area (Å²) < 4.78 is 34.6. The van der Waals surface area contributed by atoms with Gasteiger partial charge in [-0.2, -0.15) is 8.42 Å². The Kier molecular flexibility index (Phi) is 7.38. The molecule has 1 aromatic carbocycles. The maximum absolute atomic E-state index is 13.1. The molecular weight excluding hydrogens is 466 g/mol. The van der Waals surface area contributed by atoms with Crippen LogP contribution in [0.4, 0.5) is 5.82 Å². The normalized spacial score (nSPS) is 19.5. The molecule has 190 valence electrons. The van der Waals surface area contributed by atoms with Crippen LogP contribution < -0.4 is 14.4 Å². The topological polar surface area (TPSA) is 109 Å². The van der Waals surface area contributed by atoms with Crippen molar-refractivity contribution in [3.63, 3.8) is 0 Å². The number of hydrogen-bond acceptors (Lipinski definition) is 7. The van der Waals surface area contributed by atoms with E-state index < -0.39 is 21.5 Å². The fraction of sp³-hybridized carbons (Fsp3) is 0.538. The third-order valence-electron chi connectivity index (χ3n) is 6.59. The lowest BCUT2D eigenvalue weighted by Crippen LogP contribution is -2.44. The van der Waals surface area contributed by atoms with Gasteiger partial charge in [-0.1, -0.05) is 32.0 Å². The van der Waals surface area contributed by atoms with Crippen molar-refractivity contribution in [1.29, 1.82) is 0 Å². The van der Waals surface area contributed by atoms with Crippen LogP contribution in [0.5, 0.6) is 5.75 Å². The van der Waals surface area contributed by atoms with Crippen molar-refractivity contribution in [2.45, 2.75) is 63.5 Å². The number of carbonyl (C=O) groups excluding carboxylic acids is 1. The van der Waals surface area contributed by atoms with E-state index in [1.165, 1.54) is 6.07 Å².